The van der Waals surface area contributed by atoms with Crippen molar-refractivity contribution in [3.8, 4) is 6.01 Å². The molecule has 1 N–H and O–H groups in total. The van der Waals surface area contributed by atoms with Crippen LogP contribution >= 0.6 is 0 Å². The maximum Gasteiger partial charge on any atom is 0.337 e. The number of carbonyl (C=O) groups excluding carboxylic acids is 1. The van der Waals surface area contributed by atoms with Gasteiger partial charge in [0, 0.05) is 32.0 Å². The van der Waals surface area contributed by atoms with Gasteiger partial charge in [0.25, 0.3) is 5.56 Å². The third kappa shape index (κ3) is 5.59. The van der Waals surface area contributed by atoms with Crippen molar-refractivity contribution in [3.05, 3.63) is 32.4 Å². The number of aryl methyl sites for hydroxylation is 1. The van der Waals surface area contributed by atoms with Gasteiger partial charge in [-0.15, -0.1) is 0 Å². The topological polar surface area (TPSA) is 118 Å². The second-order valence-corrected chi connectivity index (χ2v) is 7.91. The van der Waals surface area contributed by atoms with Crippen LogP contribution in [0.2, 0.25) is 0 Å². The molecule has 31 heavy (non-hydrogen) atoms. The maximum atomic E-state index is 12.6. The zero-order valence-corrected chi connectivity index (χ0v) is 18.4. The van der Waals surface area contributed by atoms with Crippen molar-refractivity contribution in [1.29, 1.82) is 0 Å². The number of oxime groups is 1. The zero-order chi connectivity index (χ0) is 22.4. The number of carbonyl (C=O) groups is 1. The van der Waals surface area contributed by atoms with Crippen molar-refractivity contribution < 1.29 is 14.0 Å². The highest BCUT2D eigenvalue weighted by molar-refractivity contribution is 5.85. The van der Waals surface area contributed by atoms with E-state index in [0.717, 1.165) is 44.4 Å². The largest absolute Gasteiger partial charge is 0.403 e. The predicted molar refractivity (Wildman–Crippen MR) is 118 cm³/mol. The molecule has 9 heteroatoms. The summed E-state index contributed by atoms with van der Waals surface area (Å²) in [5, 5.41) is 4.42. The number of nitrogens with zero attached hydrogens (tertiary/aromatic N) is 3. The van der Waals surface area contributed by atoms with Crippen LogP contribution in [0, 0.1) is 0 Å². The van der Waals surface area contributed by atoms with Crippen LogP contribution in [-0.2, 0) is 11.2 Å². The highest BCUT2D eigenvalue weighted by Crippen LogP contribution is 2.21. The van der Waals surface area contributed by atoms with Gasteiger partial charge in [-0.2, -0.15) is 4.98 Å². The Balaban J connectivity index is 1.81. The summed E-state index contributed by atoms with van der Waals surface area (Å²) in [6, 6.07) is 1.32. The molecule has 0 saturated carbocycles. The molecule has 0 spiro atoms. The Morgan fingerprint density at radius 1 is 1.35 bits per heavy atom. The molecule has 0 radical (unpaired) electrons. The van der Waals surface area contributed by atoms with Crippen LogP contribution in [0.5, 0.6) is 6.01 Å². The van der Waals surface area contributed by atoms with Gasteiger partial charge in [0.1, 0.15) is 5.39 Å². The first-order chi connectivity index (χ1) is 14.9. The van der Waals surface area contributed by atoms with Gasteiger partial charge < -0.3 is 14.2 Å². The number of hydrogen-bond donors (Lipinski definition) is 1. The van der Waals surface area contributed by atoms with Crippen molar-refractivity contribution in [3.63, 3.8) is 0 Å². The molecule has 9 nitrogen and oxygen atoms in total. The second kappa shape index (κ2) is 10.4. The van der Waals surface area contributed by atoms with Crippen LogP contribution in [0.3, 0.4) is 0 Å². The molecule has 0 aromatic carbocycles. The maximum absolute atomic E-state index is 12.6. The molecule has 1 unspecified atom stereocenters. The van der Waals surface area contributed by atoms with E-state index in [1.54, 1.807) is 6.92 Å². The van der Waals surface area contributed by atoms with Crippen molar-refractivity contribution in [2.75, 3.05) is 6.54 Å². The normalized spacial score (nSPS) is 16.8. The first-order valence-electron chi connectivity index (χ1n) is 11.0. The number of aromatic nitrogens is 2. The summed E-state index contributed by atoms with van der Waals surface area (Å²) in [7, 11) is 0. The molecule has 168 valence electrons. The molecule has 3 rings (SSSR count). The minimum Gasteiger partial charge on any atom is -0.403 e. The lowest BCUT2D eigenvalue weighted by molar-refractivity contribution is -0.129. The van der Waals surface area contributed by atoms with Crippen molar-refractivity contribution in [2.24, 2.45) is 5.16 Å². The van der Waals surface area contributed by atoms with Crippen molar-refractivity contribution in [1.82, 2.24) is 14.9 Å². The number of likely N-dealkylation sites (tertiary alicyclic amines) is 1. The van der Waals surface area contributed by atoms with E-state index in [1.165, 1.54) is 6.07 Å². The monoisotopic (exact) mass is 430 g/mol. The van der Waals surface area contributed by atoms with Gasteiger partial charge in [-0.3, -0.25) is 14.6 Å². The van der Waals surface area contributed by atoms with E-state index in [9.17, 15) is 14.4 Å². The number of unbranched alkanes of at least 4 members (excludes halogenated alkanes) is 2. The Hall–Kier alpha value is -2.97. The standard InChI is InChI=1S/C22H30N4O5/c1-4-6-7-9-15-12-18(28)30-21-19(15)20(29)23-22(24-21)31-25-16(5-2)13-17-10-8-11-26(17)14(3)27/h12,17H,4-11,13H2,1-3H3,(H,23,24,29)/b25-16+. The molecule has 1 amide bonds. The van der Waals surface area contributed by atoms with Crippen LogP contribution in [0.25, 0.3) is 11.1 Å². The quantitative estimate of drug-likeness (QED) is 0.371. The molecule has 1 saturated heterocycles. The van der Waals surface area contributed by atoms with Gasteiger partial charge in [-0.1, -0.05) is 31.8 Å². The van der Waals surface area contributed by atoms with Crippen LogP contribution in [0.1, 0.15) is 71.3 Å². The summed E-state index contributed by atoms with van der Waals surface area (Å²) in [5.74, 6) is 0.0594. The molecular formula is C22H30N4O5. The lowest BCUT2D eigenvalue weighted by Gasteiger charge is -2.23. The summed E-state index contributed by atoms with van der Waals surface area (Å²) < 4.78 is 5.15. The molecule has 1 fully saturated rings. The molecule has 0 aliphatic carbocycles. The number of nitrogens with one attached hydrogen (secondary N) is 1. The third-order valence-corrected chi connectivity index (χ3v) is 5.65. The Bertz CT molecular complexity index is 1070. The van der Waals surface area contributed by atoms with Gasteiger partial charge in [0.05, 0.1) is 5.71 Å². The first-order valence-corrected chi connectivity index (χ1v) is 11.0. The Morgan fingerprint density at radius 2 is 2.16 bits per heavy atom. The summed E-state index contributed by atoms with van der Waals surface area (Å²) in [5.41, 5.74) is 0.358. The Kier molecular flexibility index (Phi) is 7.59. The molecule has 1 aliphatic rings. The van der Waals surface area contributed by atoms with Crippen LogP contribution in [-0.4, -0.2) is 39.1 Å². The average molecular weight is 431 g/mol. The van der Waals surface area contributed by atoms with Crippen LogP contribution in [0.15, 0.2) is 25.2 Å². The summed E-state index contributed by atoms with van der Waals surface area (Å²) in [4.78, 5) is 50.3. The molecule has 3 heterocycles. The highest BCUT2D eigenvalue weighted by atomic mass is 16.6. The van der Waals surface area contributed by atoms with Crippen LogP contribution < -0.4 is 16.0 Å². The van der Waals surface area contributed by atoms with E-state index < -0.39 is 11.2 Å². The van der Waals surface area contributed by atoms with E-state index in [2.05, 4.69) is 22.0 Å². The smallest absolute Gasteiger partial charge is 0.337 e. The lowest BCUT2D eigenvalue weighted by Crippen LogP contribution is -2.35. The van der Waals surface area contributed by atoms with E-state index in [4.69, 9.17) is 9.25 Å². The number of fused-ring (bicyclic) bond motifs is 1. The predicted octanol–water partition coefficient (Wildman–Crippen LogP) is 3.15. The van der Waals surface area contributed by atoms with E-state index in [1.807, 2.05) is 11.8 Å². The van der Waals surface area contributed by atoms with Gasteiger partial charge in [0.15, 0.2) is 0 Å². The molecule has 1 atom stereocenters. The van der Waals surface area contributed by atoms with E-state index in [0.29, 0.717) is 24.8 Å². The summed E-state index contributed by atoms with van der Waals surface area (Å²) >= 11 is 0. The summed E-state index contributed by atoms with van der Waals surface area (Å²) in [6.07, 6.45) is 6.65. The van der Waals surface area contributed by atoms with E-state index in [-0.39, 0.29) is 29.1 Å². The molecular weight excluding hydrogens is 400 g/mol. The van der Waals surface area contributed by atoms with Gasteiger partial charge >= 0.3 is 11.6 Å². The first kappa shape index (κ1) is 22.7. The molecule has 2 aromatic rings. The number of aromatic amines is 1. The third-order valence-electron chi connectivity index (χ3n) is 5.65. The second-order valence-electron chi connectivity index (χ2n) is 7.91. The SMILES string of the molecule is CCCCCc1cc(=O)oc2nc(O/N=C(\CC)CC3CCCN3C(C)=O)[nH]c(=O)c12. The fourth-order valence-corrected chi connectivity index (χ4v) is 4.02. The fraction of sp³-hybridized carbons (Fsp3) is 0.591. The Morgan fingerprint density at radius 3 is 2.87 bits per heavy atom. The van der Waals surface area contributed by atoms with E-state index >= 15 is 0 Å². The highest BCUT2D eigenvalue weighted by Gasteiger charge is 2.27. The Labute approximate surface area is 180 Å². The molecule has 1 aliphatic heterocycles. The summed E-state index contributed by atoms with van der Waals surface area (Å²) in [6.45, 7) is 6.38. The van der Waals surface area contributed by atoms with Gasteiger partial charge in [-0.25, -0.2) is 4.79 Å². The lowest BCUT2D eigenvalue weighted by atomic mass is 10.1. The fourth-order valence-electron chi connectivity index (χ4n) is 4.02. The van der Waals surface area contributed by atoms with Crippen molar-refractivity contribution in [2.45, 2.75) is 78.2 Å². The number of H-pyrrole nitrogens is 1. The van der Waals surface area contributed by atoms with Crippen LogP contribution in [0.4, 0.5) is 0 Å². The van der Waals surface area contributed by atoms with Gasteiger partial charge in [-0.05, 0) is 37.7 Å². The zero-order valence-electron chi connectivity index (χ0n) is 18.4. The average Bonchev–Trinajstić information content (AvgIpc) is 3.19. The van der Waals surface area contributed by atoms with Gasteiger partial charge in [0.2, 0.25) is 11.6 Å². The number of hydrogen-bond acceptors (Lipinski definition) is 7. The van der Waals surface area contributed by atoms with Crippen molar-refractivity contribution >= 4 is 22.7 Å². The number of amides is 1. The molecule has 2 aromatic heterocycles. The minimum atomic E-state index is -0.550. The molecule has 0 bridgehead atoms. The minimum absolute atomic E-state index is 0.0513. The number of rotatable bonds is 9.